The number of carbonyl (C=O) groups is 7. The van der Waals surface area contributed by atoms with Gasteiger partial charge in [0, 0.05) is 140 Å². The molecule has 0 radical (unpaired) electrons. The highest BCUT2D eigenvalue weighted by molar-refractivity contribution is 5.81. The van der Waals surface area contributed by atoms with Gasteiger partial charge in [-0.3, -0.25) is 48.3 Å². The monoisotopic (exact) mass is 1860 g/mol. The van der Waals surface area contributed by atoms with Crippen LogP contribution in [0.3, 0.4) is 0 Å². The summed E-state index contributed by atoms with van der Waals surface area (Å²) in [6, 6.07) is 0. The lowest BCUT2D eigenvalue weighted by Crippen LogP contribution is -2.49. The van der Waals surface area contributed by atoms with Crippen molar-refractivity contribution in [2.75, 3.05) is 90.6 Å². The van der Waals surface area contributed by atoms with Crippen LogP contribution in [0.1, 0.15) is 372 Å². The average Bonchev–Trinajstić information content (AvgIpc) is 1.60. The van der Waals surface area contributed by atoms with Gasteiger partial charge in [0.1, 0.15) is 6.10 Å². The third kappa shape index (κ3) is 33.6. The molecule has 768 valence electrons. The number of hydrogen-bond acceptors (Lipinski definition) is 23. The molecule has 0 aromatic carbocycles. The molecule has 11 rings (SSSR count). The summed E-state index contributed by atoms with van der Waals surface area (Å²) in [6.45, 7) is 84.5. The van der Waals surface area contributed by atoms with E-state index in [2.05, 4.69) is 314 Å². The zero-order valence-electron chi connectivity index (χ0n) is 93.2. The smallest absolute Gasteiger partial charge is 0.311 e. The Kier molecular flexibility index (Phi) is 41.9. The van der Waals surface area contributed by atoms with E-state index in [0.717, 1.165) is 82.8 Å². The maximum atomic E-state index is 12.4. The number of nitrogens with one attached hydrogen (secondary N) is 8. The molecule has 2 amide bonds. The second-order valence-electron chi connectivity index (χ2n) is 52.3. The fourth-order valence-corrected chi connectivity index (χ4v) is 24.4. The first-order valence-corrected chi connectivity index (χ1v) is 49.9. The summed E-state index contributed by atoms with van der Waals surface area (Å²) in [7, 11) is 17.7. The van der Waals surface area contributed by atoms with E-state index in [9.17, 15) is 33.6 Å². The average molecular weight is 1860 g/mol. The molecule has 9 aliphatic heterocycles. The number of carbonyl (C=O) groups excluding carboxylic acids is 7. The van der Waals surface area contributed by atoms with Crippen LogP contribution in [-0.2, 0) is 66.7 Å². The first-order chi connectivity index (χ1) is 58.9. The molecule has 0 aromatic rings. The Balaban J connectivity index is 0.000000382. The number of ether oxygens (including phenoxy) is 7. The Labute approximate surface area is 801 Å². The maximum absolute atomic E-state index is 12.4. The van der Waals surface area contributed by atoms with Crippen LogP contribution >= 0.6 is 0 Å². The van der Waals surface area contributed by atoms with Gasteiger partial charge in [0.15, 0.2) is 0 Å². The molecular formula is C106H205N11O14. The van der Waals surface area contributed by atoms with Crippen LogP contribution in [0.25, 0.3) is 0 Å². The maximum Gasteiger partial charge on any atom is 0.311 e. The number of hydrogen-bond donors (Lipinski definition) is 8. The normalized spacial score (nSPS) is 32.4. The van der Waals surface area contributed by atoms with E-state index in [1.165, 1.54) is 72.7 Å². The summed E-state index contributed by atoms with van der Waals surface area (Å²) in [5, 5.41) is 26.5. The van der Waals surface area contributed by atoms with Gasteiger partial charge < -0.3 is 75.7 Å². The predicted octanol–water partition coefficient (Wildman–Crippen LogP) is 17.2. The van der Waals surface area contributed by atoms with Crippen molar-refractivity contribution in [3.8, 4) is 0 Å². The van der Waals surface area contributed by atoms with E-state index in [4.69, 9.17) is 33.2 Å². The molecular weight excluding hydrogens is 1650 g/mol. The fraction of sp³-hybridized carbons (Fsp3) is 0.934. The third-order valence-corrected chi connectivity index (χ3v) is 32.6. The molecule has 9 unspecified atom stereocenters. The van der Waals surface area contributed by atoms with Gasteiger partial charge in [-0.15, -0.1) is 0 Å². The van der Waals surface area contributed by atoms with Crippen molar-refractivity contribution in [3.63, 3.8) is 0 Å². The molecule has 0 bridgehead atoms. The summed E-state index contributed by atoms with van der Waals surface area (Å²) >= 11 is 0. The van der Waals surface area contributed by atoms with Crippen molar-refractivity contribution in [2.45, 2.75) is 478 Å². The van der Waals surface area contributed by atoms with Crippen LogP contribution < -0.4 is 42.5 Å². The van der Waals surface area contributed by atoms with Crippen molar-refractivity contribution >= 4 is 41.7 Å². The van der Waals surface area contributed by atoms with Gasteiger partial charge in [0.25, 0.3) is 0 Å². The highest BCUT2D eigenvalue weighted by Crippen LogP contribution is 2.49. The number of amides is 2. The van der Waals surface area contributed by atoms with E-state index >= 15 is 0 Å². The van der Waals surface area contributed by atoms with Gasteiger partial charge in [0.05, 0.1) is 82.6 Å². The Bertz CT molecular complexity index is 3500. The van der Waals surface area contributed by atoms with Gasteiger partial charge in [-0.2, -0.15) is 0 Å². The number of methoxy groups -OCH3 is 5. The van der Waals surface area contributed by atoms with Crippen molar-refractivity contribution in [2.24, 2.45) is 71.0 Å². The van der Waals surface area contributed by atoms with Crippen molar-refractivity contribution in [1.29, 1.82) is 0 Å². The van der Waals surface area contributed by atoms with Crippen molar-refractivity contribution in [3.05, 3.63) is 0 Å². The Hall–Kier alpha value is -4.15. The lowest BCUT2D eigenvalue weighted by molar-refractivity contribution is -0.157. The van der Waals surface area contributed by atoms with Crippen LogP contribution in [0, 0.1) is 71.0 Å². The largest absolute Gasteiger partial charge is 0.469 e. The zero-order chi connectivity index (χ0) is 102. The van der Waals surface area contributed by atoms with Crippen LogP contribution in [-0.4, -0.2) is 253 Å². The lowest BCUT2D eigenvalue weighted by Gasteiger charge is -2.38. The summed E-state index contributed by atoms with van der Waals surface area (Å²) < 4.78 is 36.3. The number of esters is 5. The highest BCUT2D eigenvalue weighted by atomic mass is 16.6. The standard InChI is InChI=1S/C17H31NO2.C16H29NO2.C11H22N2O.C11H21NO2.C11H23NO.C10H20N2O.2C10H19NO2.C10H21NO/c1-12-6-8-13(9-7-12)11-20-15(19)14-10-16(2,3)18-17(14,4)5;1-11-6-8-12(9-7-11)19-14(18)13-10-15(2,3)17-16(13,4)5;1-10(2)7-8(9(14)12-5)11(3,4)13(10)6;1-10(2)7-8(9(13)14-6)11(3,4)12(10)5;1-10(2)7-9(8-13-6)11(3,4)12(10)5;1-9(2)6-7(8(13)11-5)10(3,4)12-9;2*1-9(2)6-7(8(12)13-5)10(3,4)11-9;1-9(2)6-8(7-12-5)10(3,4)11-9/h12-14,18H,6-11H2,1-5H3;11-13,17H,6-10H2,1-5H3;8H,7H2,1-6H3,(H,12,14);8H,7H2,1-6H3;9H,7-8H2,1-6H3;7,12H,6H2,1-5H3,(H,11,13);2*7,11H,6H2,1-5H3;8,11H,6-7H2,1-5H3. The summed E-state index contributed by atoms with van der Waals surface area (Å²) in [5.74, 6) is 3.52. The highest BCUT2D eigenvalue weighted by Gasteiger charge is 2.57. The zero-order valence-corrected chi connectivity index (χ0v) is 93.2. The van der Waals surface area contributed by atoms with Crippen molar-refractivity contribution < 1.29 is 66.7 Å². The molecule has 25 heteroatoms. The van der Waals surface area contributed by atoms with E-state index in [1.807, 2.05) is 27.7 Å². The van der Waals surface area contributed by atoms with Gasteiger partial charge in [-0.1, -0.05) is 26.7 Å². The van der Waals surface area contributed by atoms with Gasteiger partial charge >= 0.3 is 29.8 Å². The third-order valence-electron chi connectivity index (χ3n) is 32.6. The van der Waals surface area contributed by atoms with Gasteiger partial charge in [0.2, 0.25) is 11.8 Å². The molecule has 8 N–H and O–H groups in total. The van der Waals surface area contributed by atoms with Crippen LogP contribution in [0.5, 0.6) is 0 Å². The van der Waals surface area contributed by atoms with E-state index in [0.29, 0.717) is 29.9 Å². The molecule has 11 fully saturated rings. The van der Waals surface area contributed by atoms with Crippen LogP contribution in [0.4, 0.5) is 0 Å². The molecule has 9 heterocycles. The predicted molar refractivity (Wildman–Crippen MR) is 536 cm³/mol. The van der Waals surface area contributed by atoms with Crippen LogP contribution in [0.15, 0.2) is 0 Å². The quantitative estimate of drug-likeness (QED) is 0.0592. The van der Waals surface area contributed by atoms with Crippen LogP contribution in [0.2, 0.25) is 0 Å². The molecule has 2 saturated carbocycles. The van der Waals surface area contributed by atoms with Crippen molar-refractivity contribution in [1.82, 2.24) is 57.2 Å². The topological polar surface area (TPSA) is 290 Å². The summed E-state index contributed by atoms with van der Waals surface area (Å²) in [5.41, 5.74) is 0.524. The first kappa shape index (κ1) is 121. The SMILES string of the molecule is CC1CCC(COC(=O)C2CC(C)(C)NC2(C)C)CC1.CC1CCC(OC(=O)C2CC(C)(C)NC2(C)C)CC1.CNC(=O)C1CC(C)(C)N(C)C1(C)C.CNC(=O)C1CC(C)(C)NC1(C)C.COC(=O)C1CC(C)(C)N(C)C1(C)C.COC(=O)C1CC(C)(C)NC1(C)C.COC(=O)C1CC(C)(C)NC1(C)C.COCC1CC(C)(C)N(C)C1(C)C.COCC1CC(C)(C)NC1(C)C. The summed E-state index contributed by atoms with van der Waals surface area (Å²) in [6.07, 6.45) is 18.1. The molecule has 131 heavy (non-hydrogen) atoms. The fourth-order valence-electron chi connectivity index (χ4n) is 24.4. The molecule has 25 nitrogen and oxygen atoms in total. The second kappa shape index (κ2) is 45.4. The minimum absolute atomic E-state index is 0.00243. The lowest BCUT2D eigenvalue weighted by atomic mass is 9.83. The van der Waals surface area contributed by atoms with E-state index < -0.39 is 0 Å². The number of likely N-dealkylation sites (tertiary alicyclic amines) is 3. The minimum atomic E-state index is -0.165. The Morgan fingerprint density at radius 3 is 0.832 bits per heavy atom. The van der Waals surface area contributed by atoms with E-state index in [1.54, 1.807) is 28.3 Å². The number of rotatable bonds is 14. The number of nitrogens with zero attached hydrogens (tertiary/aromatic N) is 3. The second-order valence-corrected chi connectivity index (χ2v) is 52.3. The Morgan fingerprint density at radius 2 is 0.557 bits per heavy atom. The molecule has 0 aromatic heterocycles. The molecule has 9 saturated heterocycles. The minimum Gasteiger partial charge on any atom is -0.469 e. The Morgan fingerprint density at radius 1 is 0.290 bits per heavy atom. The molecule has 0 spiro atoms. The van der Waals surface area contributed by atoms with Gasteiger partial charge in [-0.05, 0) is 384 Å². The summed E-state index contributed by atoms with van der Waals surface area (Å²) in [4.78, 5) is 89.7. The van der Waals surface area contributed by atoms with Gasteiger partial charge in [-0.25, -0.2) is 0 Å². The first-order valence-electron chi connectivity index (χ1n) is 49.9. The van der Waals surface area contributed by atoms with E-state index in [-0.39, 0.29) is 183 Å². The molecule has 9 atom stereocenters. The molecule has 2 aliphatic carbocycles. The molecule has 11 aliphatic rings.